The molecule has 0 heterocycles. The summed E-state index contributed by atoms with van der Waals surface area (Å²) in [5.74, 6) is -7.36. The number of hydrogen-bond donors (Lipinski definition) is 0. The van der Waals surface area contributed by atoms with Crippen LogP contribution in [-0.2, 0) is 73.4 Å². The second-order valence-corrected chi connectivity index (χ2v) is 52.5. The summed E-state index contributed by atoms with van der Waals surface area (Å²) in [5.41, 5.74) is 13.4. The van der Waals surface area contributed by atoms with Crippen LogP contribution in [0, 0.1) is 97.8 Å². The fourth-order valence-corrected chi connectivity index (χ4v) is 36.2. The summed E-state index contributed by atoms with van der Waals surface area (Å²) in [6, 6.07) is 85.8. The van der Waals surface area contributed by atoms with Crippen molar-refractivity contribution < 1.29 is 64.9 Å². The summed E-state index contributed by atoms with van der Waals surface area (Å²) in [5, 5.41) is -3.96. The third-order valence-corrected chi connectivity index (χ3v) is 44.3. The molecule has 0 spiro atoms. The number of carbonyl (C=O) groups excluding carboxylic acids is 3. The standard InChI is InChI=1S/3C37H37ClO5S2/c1-23-4-10-26(11-5-23)31-20-34-33(22-36(31)44(40,41)29-16-8-25(3)9-17-29)35(39)21-32(27-12-6-24(2)7-13-27)37(34)45(42,43)30-18-14-28(38)15-19-30;1-23-7-13-26(14-8-23)31-20-34-33(22-36(31)44(40,41)29-15-9-24(2)10-16-29)35(39)21-32(27-5-4-6-28(38)19-27)37(34)45(42,43)30-17-11-25(3)12-18-30;1-23-8-12-26(13-9-23)30-20-33-32(22-36(30)44(40,41)29-18-10-24(2)11-19-29)34(39)21-31(27-14-16-28(38)17-15-27)37(33)45(42,43)35-7-5-4-6-25(35)3/h2*4-19,31-34,36-37H,20-22H2,1-3H3;4-19,30-33,36-37H,20-22H2,1-3H3/t2*31-,32-,33+,34-,36?,37?;30-,31-,32+,33-,36?,37?/m000/s1. The maximum Gasteiger partial charge on any atom is 0.182 e. The molecule has 6 saturated carbocycles. The van der Waals surface area contributed by atoms with Gasteiger partial charge in [-0.2, -0.15) is 0 Å². The molecule has 0 amide bonds. The Morgan fingerprint density at radius 3 is 0.741 bits per heavy atom. The summed E-state index contributed by atoms with van der Waals surface area (Å²) in [6.45, 7) is 17.3. The lowest BCUT2D eigenvalue weighted by atomic mass is 9.61. The number of carbonyl (C=O) groups is 3. The Kier molecular flexibility index (Phi) is 28.8. The number of Topliss-reactive ketones (excluding diaryl/α,β-unsaturated/α-hetero) is 3. The van der Waals surface area contributed by atoms with E-state index in [1.807, 2.05) is 177 Å². The molecule has 6 aliphatic carbocycles. The predicted octanol–water partition coefficient (Wildman–Crippen LogP) is 23.4. The van der Waals surface area contributed by atoms with Crippen molar-refractivity contribution in [2.75, 3.05) is 0 Å². The predicted molar refractivity (Wildman–Crippen MR) is 535 cm³/mol. The lowest BCUT2D eigenvalue weighted by molar-refractivity contribution is -0.129. The van der Waals surface area contributed by atoms with Crippen molar-refractivity contribution in [2.45, 2.75) is 216 Å². The van der Waals surface area contributed by atoms with Crippen molar-refractivity contribution >= 4 is 111 Å². The van der Waals surface area contributed by atoms with Crippen molar-refractivity contribution in [3.63, 3.8) is 0 Å². The molecule has 702 valence electrons. The Labute approximate surface area is 810 Å². The molecule has 0 aliphatic heterocycles. The molecule has 15 nitrogen and oxygen atoms in total. The van der Waals surface area contributed by atoms with Crippen LogP contribution >= 0.6 is 34.8 Å². The minimum Gasteiger partial charge on any atom is -0.299 e. The highest BCUT2D eigenvalue weighted by molar-refractivity contribution is 7.93. The molecule has 0 aromatic heterocycles. The number of rotatable bonds is 18. The number of ketones is 3. The second kappa shape index (κ2) is 39.6. The van der Waals surface area contributed by atoms with E-state index in [1.165, 1.54) is 12.1 Å². The Morgan fingerprint density at radius 1 is 0.215 bits per heavy atom. The lowest BCUT2D eigenvalue weighted by Gasteiger charge is -2.48. The Balaban J connectivity index is 0.000000147. The average molecular weight is 1980 g/mol. The van der Waals surface area contributed by atoms with Gasteiger partial charge in [0.25, 0.3) is 0 Å². The summed E-state index contributed by atoms with van der Waals surface area (Å²) < 4.78 is 174. The quantitative estimate of drug-likeness (QED) is 0.0774. The first-order valence-corrected chi connectivity index (χ1v) is 56.4. The van der Waals surface area contributed by atoms with Crippen LogP contribution in [0.5, 0.6) is 0 Å². The van der Waals surface area contributed by atoms with Gasteiger partial charge >= 0.3 is 0 Å². The summed E-state index contributed by atoms with van der Waals surface area (Å²) in [4.78, 5) is 43.5. The van der Waals surface area contributed by atoms with E-state index in [4.69, 9.17) is 34.8 Å². The zero-order valence-corrected chi connectivity index (χ0v) is 83.8. The third kappa shape index (κ3) is 20.2. The number of benzene rings is 12. The van der Waals surface area contributed by atoms with Crippen LogP contribution in [0.2, 0.25) is 15.1 Å². The van der Waals surface area contributed by atoms with Crippen LogP contribution in [0.1, 0.15) is 177 Å². The molecule has 0 radical (unpaired) electrons. The number of hydrogen-bond acceptors (Lipinski definition) is 15. The highest BCUT2D eigenvalue weighted by atomic mass is 35.5. The normalized spacial score (nSPS) is 25.5. The summed E-state index contributed by atoms with van der Waals surface area (Å²) in [6.07, 6.45) is 1.05. The van der Waals surface area contributed by atoms with Crippen molar-refractivity contribution in [1.82, 2.24) is 0 Å². The molecule has 24 heteroatoms. The molecular formula is C111H111Cl3O15S6. The van der Waals surface area contributed by atoms with Gasteiger partial charge in [0, 0.05) is 87.6 Å². The molecule has 18 atom stereocenters. The fraction of sp³-hybridized carbons (Fsp3) is 0.324. The van der Waals surface area contributed by atoms with E-state index in [9.17, 15) is 64.9 Å². The molecule has 0 saturated heterocycles. The van der Waals surface area contributed by atoms with Gasteiger partial charge in [0.1, 0.15) is 17.3 Å². The van der Waals surface area contributed by atoms with Gasteiger partial charge in [-0.05, 0) is 261 Å². The molecule has 12 aromatic carbocycles. The molecule has 12 aromatic rings. The van der Waals surface area contributed by atoms with Gasteiger partial charge in [-0.25, -0.2) is 50.5 Å². The van der Waals surface area contributed by atoms with Gasteiger partial charge in [-0.15, -0.1) is 0 Å². The van der Waals surface area contributed by atoms with Crippen molar-refractivity contribution in [2.24, 2.45) is 35.5 Å². The van der Waals surface area contributed by atoms with E-state index in [-0.39, 0.29) is 105 Å². The molecule has 6 aliphatic rings. The molecule has 0 bridgehead atoms. The number of halogens is 3. The molecule has 18 rings (SSSR count). The van der Waals surface area contributed by atoms with E-state index < -0.39 is 162 Å². The Hall–Kier alpha value is -9.78. The van der Waals surface area contributed by atoms with Crippen LogP contribution < -0.4 is 0 Å². The molecule has 0 N–H and O–H groups in total. The maximum atomic E-state index is 14.8. The van der Waals surface area contributed by atoms with Gasteiger partial charge in [0.05, 0.1) is 60.9 Å². The topological polar surface area (TPSA) is 256 Å². The molecule has 6 unspecified atom stereocenters. The summed E-state index contributed by atoms with van der Waals surface area (Å²) >= 11 is 18.7. The van der Waals surface area contributed by atoms with E-state index in [0.717, 1.165) is 72.3 Å². The van der Waals surface area contributed by atoms with Gasteiger partial charge in [0.2, 0.25) is 0 Å². The zero-order valence-electron chi connectivity index (χ0n) is 76.7. The molecule has 6 fully saturated rings. The van der Waals surface area contributed by atoms with Crippen LogP contribution in [0.4, 0.5) is 0 Å². The van der Waals surface area contributed by atoms with Gasteiger partial charge < -0.3 is 0 Å². The minimum atomic E-state index is -3.96. The van der Waals surface area contributed by atoms with E-state index >= 15 is 0 Å². The van der Waals surface area contributed by atoms with Gasteiger partial charge in [0.15, 0.2) is 59.0 Å². The first-order valence-electron chi connectivity index (χ1n) is 46.0. The number of fused-ring (bicyclic) bond motifs is 3. The van der Waals surface area contributed by atoms with Gasteiger partial charge in [-0.3, -0.25) is 14.4 Å². The number of sulfone groups is 6. The first kappa shape index (κ1) is 98.3. The summed E-state index contributed by atoms with van der Waals surface area (Å²) in [7, 11) is -23.4. The second-order valence-electron chi connectivity index (χ2n) is 38.4. The van der Waals surface area contributed by atoms with Crippen LogP contribution in [0.15, 0.2) is 321 Å². The highest BCUT2D eigenvalue weighted by Crippen LogP contribution is 2.59. The Morgan fingerprint density at radius 2 is 0.452 bits per heavy atom. The number of aryl methyl sites for hydroxylation is 9. The van der Waals surface area contributed by atoms with Crippen molar-refractivity contribution in [3.8, 4) is 0 Å². The molecule has 135 heavy (non-hydrogen) atoms. The van der Waals surface area contributed by atoms with Crippen LogP contribution in [0.3, 0.4) is 0 Å². The van der Waals surface area contributed by atoms with Gasteiger partial charge in [-0.1, -0.05) is 267 Å². The smallest absolute Gasteiger partial charge is 0.182 e. The SMILES string of the molecule is Cc1ccc([C@@H]2C[C@@H]3C(S(=O)(=O)c4ccc(C)cc4)[C@H](c4cccc(Cl)c4)CC(=O)[C@@H]3CC2S(=O)(=O)c2ccc(C)cc2)cc1.Cc1ccc([C@@H]2C[C@@H]3C(S(=O)(=O)c4ccc(Cl)cc4)[C@H](c4ccc(C)cc4)CC(=O)[C@@H]3CC2S(=O)(=O)c2ccc(C)cc2)cc1.Cc1ccc([C@@H]2C[C@@H]3C(S(=O)(=O)c4ccccc4C)[C@H](c4ccc(Cl)cc4)CC(=O)[C@@H]3CC2S(=O)(=O)c2ccc(C)cc2)cc1. The van der Waals surface area contributed by atoms with Crippen LogP contribution in [-0.4, -0.2) is 99.4 Å². The average Bonchev–Trinajstić information content (AvgIpc) is 0.729. The monoisotopic (exact) mass is 1980 g/mol. The van der Waals surface area contributed by atoms with E-state index in [0.29, 0.717) is 26.2 Å². The van der Waals surface area contributed by atoms with Crippen molar-refractivity contribution in [1.29, 1.82) is 0 Å². The largest absolute Gasteiger partial charge is 0.299 e. The molecular weight excluding hydrogens is 1870 g/mol. The first-order chi connectivity index (χ1) is 64.1. The fourth-order valence-electron chi connectivity index (χ4n) is 22.6. The lowest BCUT2D eigenvalue weighted by Crippen LogP contribution is -2.53. The van der Waals surface area contributed by atoms with Crippen molar-refractivity contribution in [3.05, 3.63) is 390 Å². The highest BCUT2D eigenvalue weighted by Gasteiger charge is 2.61. The minimum absolute atomic E-state index is 0.00373. The van der Waals surface area contributed by atoms with Crippen LogP contribution in [0.25, 0.3) is 0 Å². The third-order valence-electron chi connectivity index (χ3n) is 29.7. The van der Waals surface area contributed by atoms with E-state index in [2.05, 4.69) is 0 Å². The zero-order chi connectivity index (χ0) is 96.3. The van der Waals surface area contributed by atoms with E-state index in [1.54, 1.807) is 165 Å². The maximum absolute atomic E-state index is 14.8. The Bertz CT molecular complexity index is 7150.